The Labute approximate surface area is 324 Å². The van der Waals surface area contributed by atoms with Crippen molar-refractivity contribution in [3.05, 3.63) is 173 Å². The van der Waals surface area contributed by atoms with Crippen molar-refractivity contribution in [2.45, 2.75) is 77.0 Å². The van der Waals surface area contributed by atoms with Crippen LogP contribution in [-0.2, 0) is 16.2 Å². The lowest BCUT2D eigenvalue weighted by molar-refractivity contribution is 0.577. The molecule has 0 fully saturated rings. The molecule has 1 unspecified atom stereocenters. The van der Waals surface area contributed by atoms with E-state index in [0.717, 1.165) is 6.42 Å². The van der Waals surface area contributed by atoms with Crippen molar-refractivity contribution in [1.29, 1.82) is 0 Å². The van der Waals surface area contributed by atoms with Crippen molar-refractivity contribution in [2.75, 3.05) is 4.90 Å². The number of hydrogen-bond donors (Lipinski definition) is 0. The van der Waals surface area contributed by atoms with Crippen LogP contribution in [0, 0.1) is 0 Å². The third-order valence-electron chi connectivity index (χ3n) is 12.7. The van der Waals surface area contributed by atoms with E-state index in [1.165, 1.54) is 81.7 Å². The molecule has 10 rings (SSSR count). The molecule has 0 N–H and O–H groups in total. The van der Waals surface area contributed by atoms with Gasteiger partial charge in [-0.1, -0.05) is 163 Å². The Bertz CT molecular complexity index is 2710. The van der Waals surface area contributed by atoms with Gasteiger partial charge in [0.15, 0.2) is 0 Å². The lowest BCUT2D eigenvalue weighted by atomic mass is 9.71. The minimum absolute atomic E-state index is 0.0558. The standard InChI is InChI=1S/C52H47NS/c1-50(2,3)45-43-38-21-11-14-25-40(38)51(4,5)46(43)48(47-44(45)39-22-12-15-26-41(39)52(47,6)7)53(33-18-9-8-10-19-33)34-30-28-32(29-31-34)35-23-17-24-37-36-20-13-16-27-42(36)54-49(35)37/h8-21,23-31,39H,22H2,1-7H3. The summed E-state index contributed by atoms with van der Waals surface area (Å²) in [6.45, 7) is 17.2. The van der Waals surface area contributed by atoms with Crippen molar-refractivity contribution < 1.29 is 0 Å². The van der Waals surface area contributed by atoms with Gasteiger partial charge in [-0.3, -0.25) is 0 Å². The van der Waals surface area contributed by atoms with Crippen LogP contribution in [0.15, 0.2) is 145 Å². The molecule has 54 heavy (non-hydrogen) atoms. The average Bonchev–Trinajstić information content (AvgIpc) is 3.75. The number of para-hydroxylation sites is 1. The Morgan fingerprint density at radius 3 is 2.09 bits per heavy atom. The quantitative estimate of drug-likeness (QED) is 0.175. The zero-order chi connectivity index (χ0) is 37.1. The van der Waals surface area contributed by atoms with Gasteiger partial charge in [0.1, 0.15) is 0 Å². The molecule has 3 aliphatic rings. The summed E-state index contributed by atoms with van der Waals surface area (Å²) in [4.78, 5) is 2.62. The summed E-state index contributed by atoms with van der Waals surface area (Å²) in [6, 6.07) is 45.4. The van der Waals surface area contributed by atoms with Gasteiger partial charge in [-0.15, -0.1) is 11.3 Å². The molecule has 0 saturated heterocycles. The molecule has 1 heterocycles. The van der Waals surface area contributed by atoms with Gasteiger partial charge < -0.3 is 4.90 Å². The highest BCUT2D eigenvalue weighted by molar-refractivity contribution is 7.26. The molecule has 1 aromatic heterocycles. The SMILES string of the molecule is CC(C)(C)c1c2c(c(N(c3ccccc3)c3ccc(-c4cccc5c4sc4ccccc45)cc3)c3c1C1CC=CC=C1C3(C)C)C(C)(C)c1ccccc1-2. The number of allylic oxidation sites excluding steroid dienone is 4. The Morgan fingerprint density at radius 2 is 1.31 bits per heavy atom. The molecule has 0 bridgehead atoms. The fraction of sp³-hybridized carbons (Fsp3) is 0.231. The Balaban J connectivity index is 1.28. The highest BCUT2D eigenvalue weighted by atomic mass is 32.1. The van der Waals surface area contributed by atoms with Crippen LogP contribution in [0.1, 0.15) is 88.6 Å². The third-order valence-corrected chi connectivity index (χ3v) is 13.9. The highest BCUT2D eigenvalue weighted by Gasteiger charge is 2.52. The van der Waals surface area contributed by atoms with Crippen LogP contribution in [0.2, 0.25) is 0 Å². The minimum Gasteiger partial charge on any atom is -0.310 e. The molecule has 7 aromatic rings. The van der Waals surface area contributed by atoms with E-state index in [1.807, 2.05) is 11.3 Å². The molecule has 1 nitrogen and oxygen atoms in total. The van der Waals surface area contributed by atoms with Crippen LogP contribution in [0.3, 0.4) is 0 Å². The molecular formula is C52H47NS. The average molecular weight is 718 g/mol. The topological polar surface area (TPSA) is 3.24 Å². The van der Waals surface area contributed by atoms with Gasteiger partial charge in [-0.05, 0) is 92.2 Å². The van der Waals surface area contributed by atoms with E-state index in [0.29, 0.717) is 5.92 Å². The fourth-order valence-electron chi connectivity index (χ4n) is 10.4. The van der Waals surface area contributed by atoms with E-state index in [2.05, 4.69) is 193 Å². The van der Waals surface area contributed by atoms with E-state index in [1.54, 1.807) is 11.1 Å². The van der Waals surface area contributed by atoms with Gasteiger partial charge in [0.2, 0.25) is 0 Å². The van der Waals surface area contributed by atoms with Gasteiger partial charge in [-0.25, -0.2) is 0 Å². The van der Waals surface area contributed by atoms with Gasteiger partial charge in [-0.2, -0.15) is 0 Å². The summed E-state index contributed by atoms with van der Waals surface area (Å²) in [6.07, 6.45) is 8.16. The van der Waals surface area contributed by atoms with Gasteiger partial charge in [0.05, 0.1) is 5.69 Å². The number of nitrogens with zero attached hydrogens (tertiary/aromatic N) is 1. The monoisotopic (exact) mass is 717 g/mol. The normalized spacial score (nSPS) is 17.6. The van der Waals surface area contributed by atoms with E-state index in [9.17, 15) is 0 Å². The van der Waals surface area contributed by atoms with Crippen LogP contribution >= 0.6 is 11.3 Å². The van der Waals surface area contributed by atoms with Gasteiger partial charge >= 0.3 is 0 Å². The predicted molar refractivity (Wildman–Crippen MR) is 233 cm³/mol. The van der Waals surface area contributed by atoms with Crippen LogP contribution in [0.4, 0.5) is 17.1 Å². The smallest absolute Gasteiger partial charge is 0.0552 e. The summed E-state index contributed by atoms with van der Waals surface area (Å²) in [5.41, 5.74) is 17.7. The van der Waals surface area contributed by atoms with Crippen LogP contribution < -0.4 is 4.90 Å². The maximum atomic E-state index is 2.62. The summed E-state index contributed by atoms with van der Waals surface area (Å²) in [5, 5.41) is 2.67. The zero-order valence-corrected chi connectivity index (χ0v) is 33.2. The van der Waals surface area contributed by atoms with E-state index >= 15 is 0 Å². The summed E-state index contributed by atoms with van der Waals surface area (Å²) >= 11 is 1.90. The Morgan fingerprint density at radius 1 is 0.648 bits per heavy atom. The predicted octanol–water partition coefficient (Wildman–Crippen LogP) is 15.1. The first kappa shape index (κ1) is 33.4. The number of rotatable bonds is 4. The molecule has 266 valence electrons. The molecule has 0 spiro atoms. The highest BCUT2D eigenvalue weighted by Crippen LogP contribution is 2.66. The van der Waals surface area contributed by atoms with Crippen molar-refractivity contribution >= 4 is 48.6 Å². The summed E-state index contributed by atoms with van der Waals surface area (Å²) in [5.74, 6) is 0.357. The Hall–Kier alpha value is -5.18. The van der Waals surface area contributed by atoms with Crippen molar-refractivity contribution in [2.24, 2.45) is 0 Å². The zero-order valence-electron chi connectivity index (χ0n) is 32.4. The lowest BCUT2D eigenvalue weighted by Gasteiger charge is -2.39. The van der Waals surface area contributed by atoms with Crippen molar-refractivity contribution in [3.8, 4) is 22.3 Å². The molecule has 6 aromatic carbocycles. The van der Waals surface area contributed by atoms with Crippen molar-refractivity contribution in [3.63, 3.8) is 0 Å². The van der Waals surface area contributed by atoms with E-state index < -0.39 is 0 Å². The second kappa shape index (κ2) is 11.7. The molecule has 1 atom stereocenters. The second-order valence-corrected chi connectivity index (χ2v) is 18.7. The molecule has 3 aliphatic carbocycles. The fourth-order valence-corrected chi connectivity index (χ4v) is 11.7. The number of fused-ring (bicyclic) bond motifs is 9. The first-order valence-electron chi connectivity index (χ1n) is 19.6. The van der Waals surface area contributed by atoms with Crippen LogP contribution in [0.5, 0.6) is 0 Å². The number of benzene rings is 6. The van der Waals surface area contributed by atoms with Crippen molar-refractivity contribution in [1.82, 2.24) is 0 Å². The molecule has 0 aliphatic heterocycles. The van der Waals surface area contributed by atoms with E-state index in [4.69, 9.17) is 0 Å². The first-order chi connectivity index (χ1) is 26.0. The Kier molecular flexibility index (Phi) is 7.21. The lowest BCUT2D eigenvalue weighted by Crippen LogP contribution is -2.28. The summed E-state index contributed by atoms with van der Waals surface area (Å²) < 4.78 is 2.69. The maximum Gasteiger partial charge on any atom is 0.0552 e. The second-order valence-electron chi connectivity index (χ2n) is 17.6. The van der Waals surface area contributed by atoms with Crippen LogP contribution in [0.25, 0.3) is 42.4 Å². The number of thiophene rings is 1. The maximum absolute atomic E-state index is 2.62. The number of anilines is 3. The number of hydrogen-bond acceptors (Lipinski definition) is 2. The minimum atomic E-state index is -0.212. The largest absolute Gasteiger partial charge is 0.310 e. The third kappa shape index (κ3) is 4.62. The molecular weight excluding hydrogens is 671 g/mol. The molecule has 2 heteroatoms. The van der Waals surface area contributed by atoms with Gasteiger partial charge in [0.25, 0.3) is 0 Å². The van der Waals surface area contributed by atoms with Gasteiger partial charge in [0, 0.05) is 48.3 Å². The molecule has 0 saturated carbocycles. The first-order valence-corrected chi connectivity index (χ1v) is 20.4. The molecule has 0 amide bonds. The summed E-state index contributed by atoms with van der Waals surface area (Å²) in [7, 11) is 0. The molecule has 0 radical (unpaired) electrons. The van der Waals surface area contributed by atoms with E-state index in [-0.39, 0.29) is 16.2 Å². The van der Waals surface area contributed by atoms with Crippen LogP contribution in [-0.4, -0.2) is 0 Å².